The van der Waals surface area contributed by atoms with Gasteiger partial charge in [0.05, 0.1) is 16.9 Å². The maximum Gasteiger partial charge on any atom is 0.494 e. The second kappa shape index (κ2) is 10.0. The van der Waals surface area contributed by atoms with Crippen molar-refractivity contribution in [3.05, 3.63) is 89.7 Å². The molecule has 1 saturated heterocycles. The second-order valence-electron chi connectivity index (χ2n) is 9.49. The number of pyridine rings is 1. The van der Waals surface area contributed by atoms with Crippen molar-refractivity contribution in [3.63, 3.8) is 0 Å². The van der Waals surface area contributed by atoms with Crippen molar-refractivity contribution < 1.29 is 18.8 Å². The van der Waals surface area contributed by atoms with Crippen LogP contribution in [0.4, 0.5) is 0 Å². The van der Waals surface area contributed by atoms with E-state index in [-0.39, 0.29) is 17.1 Å². The van der Waals surface area contributed by atoms with Crippen molar-refractivity contribution in [2.24, 2.45) is 5.10 Å². The first-order chi connectivity index (χ1) is 16.7. The molecule has 1 aromatic heterocycles. The van der Waals surface area contributed by atoms with Gasteiger partial charge in [-0.05, 0) is 69.9 Å². The van der Waals surface area contributed by atoms with Gasteiger partial charge in [0.2, 0.25) is 0 Å². The molecule has 4 rings (SSSR count). The van der Waals surface area contributed by atoms with E-state index in [1.54, 1.807) is 24.5 Å². The number of benzene rings is 2. The van der Waals surface area contributed by atoms with Crippen molar-refractivity contribution in [1.29, 1.82) is 0 Å². The maximum atomic E-state index is 12.3. The standard InChI is InChI=1S/C27H30BN3O4/c1-19(30-31-25(32)21-14-16-29-17-15-21)23-8-6-7-9-24(23)33-18-20-10-12-22(13-11-20)28-34-26(2,3)27(4,5)35-28/h6-17H,18H2,1-5H3,(H,31,32)/b30-19+. The summed E-state index contributed by atoms with van der Waals surface area (Å²) in [5, 5.41) is 4.25. The van der Waals surface area contributed by atoms with Crippen LogP contribution in [0.2, 0.25) is 0 Å². The van der Waals surface area contributed by atoms with E-state index in [1.165, 1.54) is 0 Å². The van der Waals surface area contributed by atoms with Crippen LogP contribution in [0.15, 0.2) is 78.2 Å². The number of rotatable bonds is 7. The molecule has 2 heterocycles. The molecule has 0 aliphatic carbocycles. The summed E-state index contributed by atoms with van der Waals surface area (Å²) in [5.41, 5.74) is 5.75. The quantitative estimate of drug-likeness (QED) is 0.319. The highest BCUT2D eigenvalue weighted by Gasteiger charge is 2.51. The van der Waals surface area contributed by atoms with Gasteiger partial charge >= 0.3 is 7.12 Å². The molecule has 1 N–H and O–H groups in total. The van der Waals surface area contributed by atoms with Crippen LogP contribution in [0.1, 0.15) is 56.1 Å². The Morgan fingerprint density at radius 3 is 2.26 bits per heavy atom. The summed E-state index contributed by atoms with van der Waals surface area (Å²) < 4.78 is 18.4. The van der Waals surface area contributed by atoms with Crippen molar-refractivity contribution >= 4 is 24.2 Å². The van der Waals surface area contributed by atoms with Crippen molar-refractivity contribution in [2.45, 2.75) is 52.4 Å². The van der Waals surface area contributed by atoms with Crippen LogP contribution in [-0.2, 0) is 15.9 Å². The average molecular weight is 471 g/mol. The van der Waals surface area contributed by atoms with E-state index in [0.29, 0.717) is 23.6 Å². The van der Waals surface area contributed by atoms with E-state index >= 15 is 0 Å². The Kier molecular flexibility index (Phi) is 7.05. The Balaban J connectivity index is 1.40. The fraction of sp³-hybridized carbons (Fsp3) is 0.296. The Labute approximate surface area is 206 Å². The topological polar surface area (TPSA) is 82.0 Å². The molecule has 1 fully saturated rings. The molecule has 3 aromatic rings. The largest absolute Gasteiger partial charge is 0.494 e. The highest BCUT2D eigenvalue weighted by molar-refractivity contribution is 6.62. The van der Waals surface area contributed by atoms with E-state index in [2.05, 4.69) is 15.5 Å². The fourth-order valence-corrected chi connectivity index (χ4v) is 3.57. The Hall–Kier alpha value is -3.49. The van der Waals surface area contributed by atoms with Crippen LogP contribution in [0.3, 0.4) is 0 Å². The summed E-state index contributed by atoms with van der Waals surface area (Å²) in [6.45, 7) is 10.4. The third-order valence-corrected chi connectivity index (χ3v) is 6.44. The number of hydrogen-bond donors (Lipinski definition) is 1. The predicted octanol–water partition coefficient (Wildman–Crippen LogP) is 4.11. The maximum absolute atomic E-state index is 12.3. The van der Waals surface area contributed by atoms with Crippen molar-refractivity contribution in [1.82, 2.24) is 10.4 Å². The van der Waals surface area contributed by atoms with Crippen LogP contribution in [0, 0.1) is 0 Å². The van der Waals surface area contributed by atoms with Gasteiger partial charge in [0.25, 0.3) is 5.91 Å². The monoisotopic (exact) mass is 471 g/mol. The minimum absolute atomic E-state index is 0.299. The van der Waals surface area contributed by atoms with Gasteiger partial charge in [0, 0.05) is 23.5 Å². The van der Waals surface area contributed by atoms with Gasteiger partial charge in [-0.2, -0.15) is 5.10 Å². The molecule has 0 unspecified atom stereocenters. The molecule has 0 spiro atoms. The molecule has 8 heteroatoms. The predicted molar refractivity (Wildman–Crippen MR) is 137 cm³/mol. The lowest BCUT2D eigenvalue weighted by Crippen LogP contribution is -2.41. The molecule has 7 nitrogen and oxygen atoms in total. The number of carbonyl (C=O) groups excluding carboxylic acids is 1. The third-order valence-electron chi connectivity index (χ3n) is 6.44. The van der Waals surface area contributed by atoms with Gasteiger partial charge in [-0.25, -0.2) is 5.43 Å². The Morgan fingerprint density at radius 2 is 1.60 bits per heavy atom. The molecule has 2 aromatic carbocycles. The molecule has 0 saturated carbocycles. The number of hydrazone groups is 1. The first-order valence-corrected chi connectivity index (χ1v) is 11.6. The number of aromatic nitrogens is 1. The zero-order valence-electron chi connectivity index (χ0n) is 20.7. The van der Waals surface area contributed by atoms with E-state index in [4.69, 9.17) is 14.0 Å². The molecule has 0 radical (unpaired) electrons. The lowest BCUT2D eigenvalue weighted by atomic mass is 9.79. The average Bonchev–Trinajstić information content (AvgIpc) is 3.08. The minimum atomic E-state index is -0.392. The van der Waals surface area contributed by atoms with Crippen LogP contribution >= 0.6 is 0 Å². The van der Waals surface area contributed by atoms with Gasteiger partial charge in [0.1, 0.15) is 12.4 Å². The number of carbonyl (C=O) groups is 1. The number of nitrogens with zero attached hydrogens (tertiary/aromatic N) is 2. The normalized spacial score (nSPS) is 16.7. The number of hydrogen-bond acceptors (Lipinski definition) is 6. The van der Waals surface area contributed by atoms with Crippen LogP contribution in [-0.4, -0.2) is 34.9 Å². The molecule has 1 aliphatic rings. The summed E-state index contributed by atoms with van der Waals surface area (Å²) in [5.74, 6) is 0.384. The fourth-order valence-electron chi connectivity index (χ4n) is 3.57. The molecule has 1 amide bonds. The SMILES string of the molecule is C/C(=N\NC(=O)c1ccncc1)c1ccccc1OCc1ccc(B2OC(C)(C)C(C)(C)O2)cc1. The molecule has 0 bridgehead atoms. The van der Waals surface area contributed by atoms with Crippen molar-refractivity contribution in [2.75, 3.05) is 0 Å². The van der Waals surface area contributed by atoms with Crippen LogP contribution in [0.25, 0.3) is 0 Å². The summed E-state index contributed by atoms with van der Waals surface area (Å²) in [7, 11) is -0.392. The van der Waals surface area contributed by atoms with Gasteiger partial charge < -0.3 is 14.0 Å². The highest BCUT2D eigenvalue weighted by atomic mass is 16.7. The first-order valence-electron chi connectivity index (χ1n) is 11.6. The molecule has 180 valence electrons. The van der Waals surface area contributed by atoms with Crippen molar-refractivity contribution in [3.8, 4) is 5.75 Å². The number of nitrogens with one attached hydrogen (secondary N) is 1. The third kappa shape index (κ3) is 5.61. The van der Waals surface area contributed by atoms with Gasteiger partial charge in [-0.1, -0.05) is 36.4 Å². The van der Waals surface area contributed by atoms with Gasteiger partial charge in [0.15, 0.2) is 0 Å². The second-order valence-corrected chi connectivity index (χ2v) is 9.49. The summed E-state index contributed by atoms with van der Waals surface area (Å²) in [6, 6.07) is 18.9. The highest BCUT2D eigenvalue weighted by Crippen LogP contribution is 2.36. The smallest absolute Gasteiger partial charge is 0.488 e. The van der Waals surface area contributed by atoms with E-state index < -0.39 is 7.12 Å². The molecule has 35 heavy (non-hydrogen) atoms. The molecular weight excluding hydrogens is 441 g/mol. The van der Waals surface area contributed by atoms with Gasteiger partial charge in [-0.3, -0.25) is 9.78 Å². The zero-order chi connectivity index (χ0) is 25.1. The van der Waals surface area contributed by atoms with Gasteiger partial charge in [-0.15, -0.1) is 0 Å². The summed E-state index contributed by atoms with van der Waals surface area (Å²) in [6.07, 6.45) is 3.13. The zero-order valence-corrected chi connectivity index (χ0v) is 20.7. The van der Waals surface area contributed by atoms with Crippen LogP contribution in [0.5, 0.6) is 5.75 Å². The summed E-state index contributed by atoms with van der Waals surface area (Å²) in [4.78, 5) is 16.2. The molecule has 0 atom stereocenters. The number of amides is 1. The molecule has 1 aliphatic heterocycles. The van der Waals surface area contributed by atoms with E-state index in [9.17, 15) is 4.79 Å². The lowest BCUT2D eigenvalue weighted by molar-refractivity contribution is 0.00578. The van der Waals surface area contributed by atoms with E-state index in [1.807, 2.05) is 83.1 Å². The lowest BCUT2D eigenvalue weighted by Gasteiger charge is -2.32. The first kappa shape index (κ1) is 24.6. The van der Waals surface area contributed by atoms with E-state index in [0.717, 1.165) is 16.6 Å². The Bertz CT molecular complexity index is 1190. The number of para-hydroxylation sites is 1. The summed E-state index contributed by atoms with van der Waals surface area (Å²) >= 11 is 0. The Morgan fingerprint density at radius 1 is 0.971 bits per heavy atom. The minimum Gasteiger partial charge on any atom is -0.488 e. The molecular formula is C27H30BN3O4. The number of ether oxygens (including phenoxy) is 1. The van der Waals surface area contributed by atoms with Crippen LogP contribution < -0.4 is 15.6 Å².